The highest BCUT2D eigenvalue weighted by Crippen LogP contribution is 2.27. The van der Waals surface area contributed by atoms with Crippen LogP contribution in [0.2, 0.25) is 0 Å². The molecule has 1 amide bonds. The van der Waals surface area contributed by atoms with E-state index in [1.54, 1.807) is 0 Å². The van der Waals surface area contributed by atoms with Crippen molar-refractivity contribution in [3.05, 3.63) is 41.5 Å². The van der Waals surface area contributed by atoms with Gasteiger partial charge in [-0.2, -0.15) is 0 Å². The van der Waals surface area contributed by atoms with Crippen LogP contribution in [0.25, 0.3) is 11.3 Å². The predicted octanol–water partition coefficient (Wildman–Crippen LogP) is 3.60. The Morgan fingerprint density at radius 2 is 1.70 bits per heavy atom. The Morgan fingerprint density at radius 1 is 0.963 bits per heavy atom. The van der Waals surface area contributed by atoms with Crippen molar-refractivity contribution in [2.75, 3.05) is 31.1 Å². The molecule has 1 aromatic heterocycles. The van der Waals surface area contributed by atoms with Crippen molar-refractivity contribution < 1.29 is 4.79 Å². The molecule has 0 unspecified atom stereocenters. The second-order valence-corrected chi connectivity index (χ2v) is 7.89. The molecular formula is C22H28N4O. The smallest absolute Gasteiger partial charge is 0.225 e. The normalized spacial score (nSPS) is 18.1. The van der Waals surface area contributed by atoms with Crippen LogP contribution >= 0.6 is 0 Å². The summed E-state index contributed by atoms with van der Waals surface area (Å²) >= 11 is 0. The summed E-state index contributed by atoms with van der Waals surface area (Å²) < 4.78 is 0. The molecule has 27 heavy (non-hydrogen) atoms. The molecule has 0 spiro atoms. The van der Waals surface area contributed by atoms with Crippen LogP contribution in [0, 0.1) is 19.8 Å². The number of amides is 1. The van der Waals surface area contributed by atoms with Gasteiger partial charge in [-0.3, -0.25) is 4.79 Å². The molecule has 142 valence electrons. The van der Waals surface area contributed by atoms with E-state index in [9.17, 15) is 4.79 Å². The van der Waals surface area contributed by atoms with Gasteiger partial charge in [0.2, 0.25) is 5.91 Å². The molecule has 5 heteroatoms. The zero-order chi connectivity index (χ0) is 18.8. The fraction of sp³-hybridized carbons (Fsp3) is 0.500. The summed E-state index contributed by atoms with van der Waals surface area (Å²) in [5, 5.41) is 8.92. The Labute approximate surface area is 161 Å². The van der Waals surface area contributed by atoms with Crippen molar-refractivity contribution in [3.63, 3.8) is 0 Å². The van der Waals surface area contributed by atoms with E-state index in [4.69, 9.17) is 0 Å². The molecule has 5 nitrogen and oxygen atoms in total. The number of carbonyl (C=O) groups is 1. The Balaban J connectivity index is 1.39. The van der Waals surface area contributed by atoms with Gasteiger partial charge in [-0.15, -0.1) is 10.2 Å². The third kappa shape index (κ3) is 3.82. The van der Waals surface area contributed by atoms with Crippen molar-refractivity contribution in [2.45, 2.75) is 39.5 Å². The summed E-state index contributed by atoms with van der Waals surface area (Å²) in [4.78, 5) is 16.9. The lowest BCUT2D eigenvalue weighted by Crippen LogP contribution is -2.50. The molecule has 2 aromatic rings. The molecule has 2 heterocycles. The number of piperazine rings is 1. The summed E-state index contributed by atoms with van der Waals surface area (Å²) in [6.07, 6.45) is 4.56. The van der Waals surface area contributed by atoms with E-state index in [1.165, 1.54) is 24.0 Å². The van der Waals surface area contributed by atoms with Crippen molar-refractivity contribution in [1.82, 2.24) is 15.1 Å². The summed E-state index contributed by atoms with van der Waals surface area (Å²) in [5.41, 5.74) is 4.51. The third-order valence-corrected chi connectivity index (χ3v) is 5.93. The third-order valence-electron chi connectivity index (χ3n) is 5.93. The van der Waals surface area contributed by atoms with E-state index in [0.717, 1.165) is 56.1 Å². The molecule has 0 radical (unpaired) electrons. The maximum Gasteiger partial charge on any atom is 0.225 e. The lowest BCUT2D eigenvalue weighted by molar-refractivity contribution is -0.135. The topological polar surface area (TPSA) is 49.3 Å². The monoisotopic (exact) mass is 364 g/mol. The Kier molecular flexibility index (Phi) is 5.10. The first-order valence-electron chi connectivity index (χ1n) is 10.1. The molecule has 1 aliphatic heterocycles. The van der Waals surface area contributed by atoms with Crippen LogP contribution in [0.5, 0.6) is 0 Å². The number of aromatic nitrogens is 2. The zero-order valence-corrected chi connectivity index (χ0v) is 16.3. The van der Waals surface area contributed by atoms with Gasteiger partial charge in [0.15, 0.2) is 5.82 Å². The molecule has 0 atom stereocenters. The number of nitrogens with zero attached hydrogens (tertiary/aromatic N) is 4. The molecule has 0 bridgehead atoms. The fourth-order valence-electron chi connectivity index (χ4n) is 4.33. The Morgan fingerprint density at radius 3 is 2.33 bits per heavy atom. The number of rotatable bonds is 3. The van der Waals surface area contributed by atoms with Crippen LogP contribution in [-0.4, -0.2) is 47.2 Å². The van der Waals surface area contributed by atoms with Crippen LogP contribution in [0.15, 0.2) is 30.3 Å². The summed E-state index contributed by atoms with van der Waals surface area (Å²) in [5.74, 6) is 1.54. The maximum absolute atomic E-state index is 12.6. The Bertz CT molecular complexity index is 804. The first-order chi connectivity index (χ1) is 13.1. The highest BCUT2D eigenvalue weighted by molar-refractivity contribution is 5.79. The van der Waals surface area contributed by atoms with Gasteiger partial charge in [-0.05, 0) is 44.4 Å². The molecular weight excluding hydrogens is 336 g/mol. The van der Waals surface area contributed by atoms with Crippen molar-refractivity contribution >= 4 is 11.7 Å². The average molecular weight is 364 g/mol. The van der Waals surface area contributed by atoms with Crippen LogP contribution in [0.3, 0.4) is 0 Å². The van der Waals surface area contributed by atoms with E-state index in [-0.39, 0.29) is 5.92 Å². The van der Waals surface area contributed by atoms with Gasteiger partial charge in [-0.25, -0.2) is 0 Å². The molecule has 2 aliphatic rings. The van der Waals surface area contributed by atoms with Gasteiger partial charge in [0.05, 0.1) is 5.69 Å². The minimum Gasteiger partial charge on any atom is -0.352 e. The summed E-state index contributed by atoms with van der Waals surface area (Å²) in [6.45, 7) is 7.44. The maximum atomic E-state index is 12.6. The van der Waals surface area contributed by atoms with Crippen LogP contribution < -0.4 is 4.90 Å². The number of anilines is 1. The van der Waals surface area contributed by atoms with Gasteiger partial charge in [0.25, 0.3) is 0 Å². The Hall–Kier alpha value is -2.43. The van der Waals surface area contributed by atoms with Crippen LogP contribution in [0.1, 0.15) is 36.8 Å². The number of hydrogen-bond donors (Lipinski definition) is 0. The molecule has 2 fully saturated rings. The molecule has 4 rings (SSSR count). The quantitative estimate of drug-likeness (QED) is 0.835. The largest absolute Gasteiger partial charge is 0.352 e. The molecule has 1 aliphatic carbocycles. The van der Waals surface area contributed by atoms with Crippen molar-refractivity contribution in [3.8, 4) is 11.3 Å². The van der Waals surface area contributed by atoms with Crippen molar-refractivity contribution in [1.29, 1.82) is 0 Å². The standard InChI is InChI=1S/C22H28N4O/c1-16-7-8-19(17(2)15-16)20-9-10-21(24-23-20)25-11-13-26(14-12-25)22(27)18-5-3-4-6-18/h7-10,15,18H,3-6,11-14H2,1-2H3. The van der Waals surface area contributed by atoms with Crippen molar-refractivity contribution in [2.24, 2.45) is 5.92 Å². The molecule has 1 saturated carbocycles. The minimum atomic E-state index is 0.272. The second kappa shape index (κ2) is 7.67. The number of benzene rings is 1. The summed E-state index contributed by atoms with van der Waals surface area (Å²) in [7, 11) is 0. The van der Waals surface area contributed by atoms with E-state index in [2.05, 4.69) is 59.3 Å². The van der Waals surface area contributed by atoms with Crippen LogP contribution in [0.4, 0.5) is 5.82 Å². The number of carbonyl (C=O) groups excluding carboxylic acids is 1. The van der Waals surface area contributed by atoms with Gasteiger partial charge in [-0.1, -0.05) is 36.6 Å². The first-order valence-corrected chi connectivity index (χ1v) is 10.1. The van der Waals surface area contributed by atoms with E-state index in [1.807, 2.05) is 4.90 Å². The van der Waals surface area contributed by atoms with Crippen LogP contribution in [-0.2, 0) is 4.79 Å². The average Bonchev–Trinajstić information content (AvgIpc) is 3.23. The highest BCUT2D eigenvalue weighted by atomic mass is 16.2. The van der Waals surface area contributed by atoms with Gasteiger partial charge < -0.3 is 9.80 Å². The lowest BCUT2D eigenvalue weighted by Gasteiger charge is -2.36. The van der Waals surface area contributed by atoms with E-state index < -0.39 is 0 Å². The minimum absolute atomic E-state index is 0.272. The van der Waals surface area contributed by atoms with Gasteiger partial charge in [0.1, 0.15) is 0 Å². The first kappa shape index (κ1) is 18.0. The fourth-order valence-corrected chi connectivity index (χ4v) is 4.33. The number of hydrogen-bond acceptors (Lipinski definition) is 4. The second-order valence-electron chi connectivity index (χ2n) is 7.89. The summed E-state index contributed by atoms with van der Waals surface area (Å²) in [6, 6.07) is 10.5. The van der Waals surface area contributed by atoms with Gasteiger partial charge in [0, 0.05) is 37.7 Å². The predicted molar refractivity (Wildman–Crippen MR) is 108 cm³/mol. The molecule has 1 saturated heterocycles. The number of aryl methyl sites for hydroxylation is 2. The molecule has 0 N–H and O–H groups in total. The van der Waals surface area contributed by atoms with Gasteiger partial charge >= 0.3 is 0 Å². The van der Waals surface area contributed by atoms with E-state index in [0.29, 0.717) is 5.91 Å². The lowest BCUT2D eigenvalue weighted by atomic mass is 10.0. The SMILES string of the molecule is Cc1ccc(-c2ccc(N3CCN(C(=O)C4CCCC4)CC3)nn2)c(C)c1. The highest BCUT2D eigenvalue weighted by Gasteiger charge is 2.29. The molecule has 1 aromatic carbocycles. The zero-order valence-electron chi connectivity index (χ0n) is 16.3. The van der Waals surface area contributed by atoms with E-state index >= 15 is 0 Å².